The highest BCUT2D eigenvalue weighted by Crippen LogP contribution is 2.24. The van der Waals surface area contributed by atoms with Crippen LogP contribution in [0.1, 0.15) is 25.5 Å². The first-order chi connectivity index (χ1) is 8.41. The summed E-state index contributed by atoms with van der Waals surface area (Å²) < 4.78 is 40.4. The van der Waals surface area contributed by atoms with Crippen LogP contribution in [0.15, 0.2) is 12.1 Å². The molecule has 7 heteroatoms. The van der Waals surface area contributed by atoms with Crippen molar-refractivity contribution in [1.29, 1.82) is 0 Å². The lowest BCUT2D eigenvalue weighted by atomic mass is 10.1. The van der Waals surface area contributed by atoms with Gasteiger partial charge in [-0.1, -0.05) is 19.1 Å². The van der Waals surface area contributed by atoms with Crippen LogP contribution in [-0.4, -0.2) is 15.0 Å². The number of benzene rings is 1. The predicted molar refractivity (Wildman–Crippen MR) is 59.7 cm³/mol. The molecule has 1 heterocycles. The van der Waals surface area contributed by atoms with E-state index in [9.17, 15) is 13.2 Å². The Balaban J connectivity index is 2.63. The molecule has 0 saturated carbocycles. The Morgan fingerprint density at radius 2 is 1.72 bits per heavy atom. The van der Waals surface area contributed by atoms with Crippen molar-refractivity contribution < 1.29 is 13.2 Å². The van der Waals surface area contributed by atoms with E-state index in [0.717, 1.165) is 12.1 Å². The van der Waals surface area contributed by atoms with E-state index in [1.54, 1.807) is 0 Å². The van der Waals surface area contributed by atoms with E-state index < -0.39 is 17.5 Å². The third-order valence-corrected chi connectivity index (χ3v) is 2.49. The van der Waals surface area contributed by atoms with Crippen molar-refractivity contribution in [3.05, 3.63) is 35.3 Å². The molecule has 2 rings (SSSR count). The van der Waals surface area contributed by atoms with Crippen molar-refractivity contribution in [2.45, 2.75) is 19.8 Å². The average molecular weight is 256 g/mol. The summed E-state index contributed by atoms with van der Waals surface area (Å²) in [7, 11) is 0. The molecular formula is C11H11F3N4. The third-order valence-electron chi connectivity index (χ3n) is 2.49. The van der Waals surface area contributed by atoms with Crippen molar-refractivity contribution in [2.24, 2.45) is 0 Å². The normalized spacial score (nSPS) is 11.2. The van der Waals surface area contributed by atoms with E-state index in [-0.39, 0.29) is 17.4 Å². The van der Waals surface area contributed by atoms with Gasteiger partial charge in [0.05, 0.1) is 11.4 Å². The lowest BCUT2D eigenvalue weighted by molar-refractivity contribution is 0.445. The number of aromatic nitrogens is 3. The van der Waals surface area contributed by atoms with Gasteiger partial charge in [-0.25, -0.2) is 17.9 Å². The highest BCUT2D eigenvalue weighted by Gasteiger charge is 2.18. The second-order valence-electron chi connectivity index (χ2n) is 4.15. The Morgan fingerprint density at radius 3 is 2.22 bits per heavy atom. The molecule has 0 radical (unpaired) electrons. The predicted octanol–water partition coefficient (Wildman–Crippen LogP) is 2.39. The van der Waals surface area contributed by atoms with Crippen molar-refractivity contribution in [2.75, 3.05) is 5.73 Å². The zero-order chi connectivity index (χ0) is 13.4. The average Bonchev–Trinajstić information content (AvgIpc) is 2.67. The Morgan fingerprint density at radius 1 is 1.17 bits per heavy atom. The lowest BCUT2D eigenvalue weighted by Crippen LogP contribution is -2.07. The highest BCUT2D eigenvalue weighted by atomic mass is 19.2. The van der Waals surface area contributed by atoms with Gasteiger partial charge in [0.15, 0.2) is 23.3 Å². The molecule has 0 fully saturated rings. The minimum atomic E-state index is -1.52. The molecule has 1 aromatic carbocycles. The van der Waals surface area contributed by atoms with E-state index in [1.807, 2.05) is 13.8 Å². The summed E-state index contributed by atoms with van der Waals surface area (Å²) in [5.41, 5.74) is 6.18. The molecule has 1 aromatic heterocycles. The summed E-state index contributed by atoms with van der Waals surface area (Å²) in [4.78, 5) is 0. The van der Waals surface area contributed by atoms with E-state index >= 15 is 0 Å². The van der Waals surface area contributed by atoms with E-state index in [0.29, 0.717) is 5.69 Å². The Hall–Kier alpha value is -2.05. The highest BCUT2D eigenvalue weighted by molar-refractivity contribution is 5.42. The van der Waals surface area contributed by atoms with Gasteiger partial charge in [-0.05, 0) is 5.92 Å². The van der Waals surface area contributed by atoms with Gasteiger partial charge in [-0.2, -0.15) is 0 Å². The summed E-state index contributed by atoms with van der Waals surface area (Å²) in [5, 5.41) is 7.35. The van der Waals surface area contributed by atoms with Gasteiger partial charge in [0, 0.05) is 12.1 Å². The largest absolute Gasteiger partial charge is 0.381 e. The fourth-order valence-electron chi connectivity index (χ4n) is 1.70. The van der Waals surface area contributed by atoms with E-state index in [2.05, 4.69) is 10.3 Å². The number of nitrogens with two attached hydrogens (primary N) is 1. The van der Waals surface area contributed by atoms with Crippen molar-refractivity contribution in [3.8, 4) is 5.69 Å². The topological polar surface area (TPSA) is 56.7 Å². The molecule has 0 atom stereocenters. The quantitative estimate of drug-likeness (QED) is 0.839. The van der Waals surface area contributed by atoms with Crippen LogP contribution in [0.2, 0.25) is 0 Å². The van der Waals surface area contributed by atoms with Crippen LogP contribution in [-0.2, 0) is 0 Å². The molecule has 0 aliphatic carbocycles. The van der Waals surface area contributed by atoms with Gasteiger partial charge in [-0.15, -0.1) is 5.10 Å². The van der Waals surface area contributed by atoms with Crippen LogP contribution in [0, 0.1) is 17.5 Å². The molecule has 0 saturated heterocycles. The summed E-state index contributed by atoms with van der Waals surface area (Å²) in [6, 6.07) is 1.69. The van der Waals surface area contributed by atoms with Crippen LogP contribution in [0.5, 0.6) is 0 Å². The maximum Gasteiger partial charge on any atom is 0.194 e. The number of rotatable bonds is 2. The third kappa shape index (κ3) is 1.92. The summed E-state index contributed by atoms with van der Waals surface area (Å²) >= 11 is 0. The van der Waals surface area contributed by atoms with Gasteiger partial charge in [-0.3, -0.25) is 0 Å². The standard InChI is InChI=1S/C11H11F3N4/c1-5(2)10-11(15)16-17-18(10)6-3-7(12)9(14)8(13)4-6/h3-5H,15H2,1-2H3. The summed E-state index contributed by atoms with van der Waals surface area (Å²) in [5.74, 6) is -3.95. The molecule has 0 aliphatic rings. The van der Waals surface area contributed by atoms with Crippen LogP contribution in [0.4, 0.5) is 19.0 Å². The SMILES string of the molecule is CC(C)c1c(N)nnn1-c1cc(F)c(F)c(F)c1. The smallest absolute Gasteiger partial charge is 0.194 e. The van der Waals surface area contributed by atoms with Gasteiger partial charge in [0.2, 0.25) is 0 Å². The maximum atomic E-state index is 13.2. The fraction of sp³-hybridized carbons (Fsp3) is 0.273. The van der Waals surface area contributed by atoms with Crippen molar-refractivity contribution in [3.63, 3.8) is 0 Å². The van der Waals surface area contributed by atoms with Gasteiger partial charge in [0.1, 0.15) is 0 Å². The Bertz CT molecular complexity index is 569. The van der Waals surface area contributed by atoms with Crippen LogP contribution >= 0.6 is 0 Å². The molecule has 0 aliphatic heterocycles. The first-order valence-electron chi connectivity index (χ1n) is 5.27. The molecular weight excluding hydrogens is 245 g/mol. The van der Waals surface area contributed by atoms with E-state index in [1.165, 1.54) is 4.68 Å². The fourth-order valence-corrected chi connectivity index (χ4v) is 1.70. The minimum absolute atomic E-state index is 0.0410. The number of halogens is 3. The molecule has 2 aromatic rings. The van der Waals surface area contributed by atoms with Crippen LogP contribution in [0.3, 0.4) is 0 Å². The van der Waals surface area contributed by atoms with Crippen molar-refractivity contribution in [1.82, 2.24) is 15.0 Å². The minimum Gasteiger partial charge on any atom is -0.381 e. The number of anilines is 1. The van der Waals surface area contributed by atoms with Gasteiger partial charge >= 0.3 is 0 Å². The maximum absolute atomic E-state index is 13.2. The second kappa shape index (κ2) is 4.32. The molecule has 0 unspecified atom stereocenters. The Kier molecular flexibility index (Phi) is 2.98. The van der Waals surface area contributed by atoms with Crippen LogP contribution < -0.4 is 5.73 Å². The summed E-state index contributed by atoms with van der Waals surface area (Å²) in [6.07, 6.45) is 0. The molecule has 96 valence electrons. The molecule has 4 nitrogen and oxygen atoms in total. The molecule has 18 heavy (non-hydrogen) atoms. The molecule has 0 bridgehead atoms. The number of nitrogens with zero attached hydrogens (tertiary/aromatic N) is 3. The molecule has 2 N–H and O–H groups in total. The van der Waals surface area contributed by atoms with Gasteiger partial charge in [0.25, 0.3) is 0 Å². The lowest BCUT2D eigenvalue weighted by Gasteiger charge is -2.10. The number of nitrogen functional groups attached to an aromatic ring is 1. The zero-order valence-electron chi connectivity index (χ0n) is 9.78. The first-order valence-corrected chi connectivity index (χ1v) is 5.27. The first kappa shape index (κ1) is 12.4. The van der Waals surface area contributed by atoms with Gasteiger partial charge < -0.3 is 5.73 Å². The Labute approximate surface area is 101 Å². The van der Waals surface area contributed by atoms with Crippen LogP contribution in [0.25, 0.3) is 5.69 Å². The van der Waals surface area contributed by atoms with Crippen molar-refractivity contribution >= 4 is 5.82 Å². The number of hydrogen-bond donors (Lipinski definition) is 1. The summed E-state index contributed by atoms with van der Waals surface area (Å²) in [6.45, 7) is 3.67. The molecule has 0 spiro atoms. The van der Waals surface area contributed by atoms with E-state index in [4.69, 9.17) is 5.73 Å². The number of hydrogen-bond acceptors (Lipinski definition) is 3. The second-order valence-corrected chi connectivity index (χ2v) is 4.15. The monoisotopic (exact) mass is 256 g/mol. The zero-order valence-corrected chi connectivity index (χ0v) is 9.78. The molecule has 0 amide bonds.